The van der Waals surface area contributed by atoms with Gasteiger partial charge in [-0.3, -0.25) is 4.79 Å². The molecule has 0 atom stereocenters. The average molecular weight is 343 g/mol. The molecule has 0 bridgehead atoms. The number of aromatic nitrogens is 1. The second-order valence-corrected chi connectivity index (χ2v) is 6.44. The third-order valence-electron chi connectivity index (χ3n) is 4.38. The summed E-state index contributed by atoms with van der Waals surface area (Å²) in [4.78, 5) is 24.1. The number of ether oxygens (including phenoxy) is 2. The van der Waals surface area contributed by atoms with Crippen molar-refractivity contribution in [1.29, 1.82) is 0 Å². The zero-order valence-corrected chi connectivity index (χ0v) is 15.7. The van der Waals surface area contributed by atoms with E-state index in [1.54, 1.807) is 6.07 Å². The smallest absolute Gasteiger partial charge is 0.344 e. The predicted octanol–water partition coefficient (Wildman–Crippen LogP) is 3.37. The summed E-state index contributed by atoms with van der Waals surface area (Å²) in [6, 6.07) is 5.80. The Balaban J connectivity index is 1.91. The lowest BCUT2D eigenvalue weighted by Crippen LogP contribution is -2.20. The molecule has 5 heteroatoms. The molecule has 1 heterocycles. The normalized spacial score (nSPS) is 10.6. The Kier molecular flexibility index (Phi) is 5.67. The van der Waals surface area contributed by atoms with Crippen molar-refractivity contribution >= 4 is 11.8 Å². The van der Waals surface area contributed by atoms with Crippen molar-refractivity contribution in [2.75, 3.05) is 13.2 Å². The van der Waals surface area contributed by atoms with E-state index in [4.69, 9.17) is 9.47 Å². The van der Waals surface area contributed by atoms with Crippen LogP contribution in [0, 0.1) is 34.6 Å². The topological polar surface area (TPSA) is 57.5 Å². The molecule has 0 unspecified atom stereocenters. The van der Waals surface area contributed by atoms with Gasteiger partial charge < -0.3 is 14.0 Å². The highest BCUT2D eigenvalue weighted by Gasteiger charge is 2.16. The first-order chi connectivity index (χ1) is 11.7. The maximum atomic E-state index is 12.2. The van der Waals surface area contributed by atoms with Crippen molar-refractivity contribution in [3.05, 3.63) is 51.8 Å². The number of nitrogens with zero attached hydrogens (tertiary/aromatic N) is 1. The van der Waals surface area contributed by atoms with Gasteiger partial charge in [0.05, 0.1) is 0 Å². The highest BCUT2D eigenvalue weighted by Crippen LogP contribution is 2.24. The molecule has 134 valence electrons. The van der Waals surface area contributed by atoms with Crippen molar-refractivity contribution < 1.29 is 19.1 Å². The van der Waals surface area contributed by atoms with E-state index < -0.39 is 5.97 Å². The number of hydrogen-bond donors (Lipinski definition) is 0. The van der Waals surface area contributed by atoms with E-state index in [0.29, 0.717) is 11.3 Å². The maximum absolute atomic E-state index is 12.2. The van der Waals surface area contributed by atoms with Gasteiger partial charge in [-0.2, -0.15) is 0 Å². The molecule has 0 aliphatic rings. The average Bonchev–Trinajstić information content (AvgIpc) is 2.79. The molecule has 2 aromatic rings. The Morgan fingerprint density at radius 1 is 0.960 bits per heavy atom. The minimum atomic E-state index is -0.557. The first-order valence-corrected chi connectivity index (χ1v) is 8.23. The second kappa shape index (κ2) is 7.55. The number of Topliss-reactive ketones (excluding diaryl/α,β-unsaturated/α-hetero) is 1. The first-order valence-electron chi connectivity index (χ1n) is 8.23. The zero-order chi connectivity index (χ0) is 18.7. The van der Waals surface area contributed by atoms with Crippen LogP contribution >= 0.6 is 0 Å². The van der Waals surface area contributed by atoms with Crippen molar-refractivity contribution in [3.8, 4) is 5.75 Å². The quantitative estimate of drug-likeness (QED) is 0.596. The molecule has 0 aliphatic carbocycles. The molecular formula is C20H25NO4. The van der Waals surface area contributed by atoms with Crippen LogP contribution in [-0.2, 0) is 16.6 Å². The number of esters is 1. The number of carbonyl (C=O) groups excluding carboxylic acids is 2. The summed E-state index contributed by atoms with van der Waals surface area (Å²) in [6.45, 7) is 9.18. The van der Waals surface area contributed by atoms with Gasteiger partial charge in [0.25, 0.3) is 0 Å². The Bertz CT molecular complexity index is 794. The summed E-state index contributed by atoms with van der Waals surface area (Å²) in [5, 5.41) is 0. The molecule has 0 saturated carbocycles. The van der Waals surface area contributed by atoms with Gasteiger partial charge in [0.1, 0.15) is 5.75 Å². The van der Waals surface area contributed by atoms with Crippen LogP contribution in [0.3, 0.4) is 0 Å². The molecule has 0 aliphatic heterocycles. The molecule has 0 saturated heterocycles. The largest absolute Gasteiger partial charge is 0.481 e. The maximum Gasteiger partial charge on any atom is 0.344 e. The molecule has 2 rings (SSSR count). The van der Waals surface area contributed by atoms with E-state index in [9.17, 15) is 9.59 Å². The summed E-state index contributed by atoms with van der Waals surface area (Å²) >= 11 is 0. The van der Waals surface area contributed by atoms with Crippen molar-refractivity contribution in [1.82, 2.24) is 4.57 Å². The van der Waals surface area contributed by atoms with Gasteiger partial charge in [0.15, 0.2) is 13.2 Å². The highest BCUT2D eigenvalue weighted by atomic mass is 16.6. The van der Waals surface area contributed by atoms with E-state index >= 15 is 0 Å². The number of aryl methyl sites for hydroxylation is 4. The minimum Gasteiger partial charge on any atom is -0.481 e. The lowest BCUT2D eigenvalue weighted by molar-refractivity contribution is -0.144. The molecular weight excluding hydrogens is 318 g/mol. The molecule has 0 amide bonds. The summed E-state index contributed by atoms with van der Waals surface area (Å²) in [5.41, 5.74) is 5.51. The number of hydrogen-bond acceptors (Lipinski definition) is 4. The molecule has 0 radical (unpaired) electrons. The summed E-state index contributed by atoms with van der Waals surface area (Å²) in [6.07, 6.45) is 0. The summed E-state index contributed by atoms with van der Waals surface area (Å²) in [5.74, 6) is -0.0846. The van der Waals surface area contributed by atoms with Gasteiger partial charge >= 0.3 is 5.97 Å². The number of ketones is 1. The van der Waals surface area contributed by atoms with Crippen LogP contribution in [0.2, 0.25) is 0 Å². The van der Waals surface area contributed by atoms with E-state index in [1.165, 1.54) is 0 Å². The highest BCUT2D eigenvalue weighted by molar-refractivity contribution is 5.99. The minimum absolute atomic E-state index is 0.211. The van der Waals surface area contributed by atoms with Crippen LogP contribution in [-0.4, -0.2) is 29.5 Å². The van der Waals surface area contributed by atoms with E-state index in [1.807, 2.05) is 58.4 Å². The molecule has 25 heavy (non-hydrogen) atoms. The fourth-order valence-corrected chi connectivity index (χ4v) is 2.93. The van der Waals surface area contributed by atoms with E-state index in [2.05, 4.69) is 0 Å². The first kappa shape index (κ1) is 18.8. The fourth-order valence-electron chi connectivity index (χ4n) is 2.93. The van der Waals surface area contributed by atoms with E-state index in [-0.39, 0.29) is 19.0 Å². The Labute approximate surface area is 148 Å². The lowest BCUT2D eigenvalue weighted by atomic mass is 10.1. The number of carbonyl (C=O) groups is 2. The van der Waals surface area contributed by atoms with Crippen molar-refractivity contribution in [3.63, 3.8) is 0 Å². The molecule has 0 N–H and O–H groups in total. The lowest BCUT2D eigenvalue weighted by Gasteiger charge is -2.12. The van der Waals surface area contributed by atoms with Crippen LogP contribution in [0.4, 0.5) is 0 Å². The SMILES string of the molecule is Cc1cc(C)c(OCC(=O)OCC(=O)c2cc(C)n(C)c2C)c(C)c1. The van der Waals surface area contributed by atoms with Crippen LogP contribution < -0.4 is 4.74 Å². The van der Waals surface area contributed by atoms with Crippen LogP contribution in [0.5, 0.6) is 5.75 Å². The molecule has 1 aromatic carbocycles. The molecule has 5 nitrogen and oxygen atoms in total. The molecule has 0 fully saturated rings. The molecule has 0 spiro atoms. The van der Waals surface area contributed by atoms with Gasteiger partial charge in [-0.1, -0.05) is 17.7 Å². The zero-order valence-electron chi connectivity index (χ0n) is 15.7. The Morgan fingerprint density at radius 3 is 2.08 bits per heavy atom. The summed E-state index contributed by atoms with van der Waals surface area (Å²) in [7, 11) is 1.90. The van der Waals surface area contributed by atoms with Gasteiger partial charge in [-0.05, 0) is 51.8 Å². The second-order valence-electron chi connectivity index (χ2n) is 6.44. The van der Waals surface area contributed by atoms with Gasteiger partial charge in [0, 0.05) is 24.0 Å². The van der Waals surface area contributed by atoms with Crippen LogP contribution in [0.25, 0.3) is 0 Å². The fraction of sp³-hybridized carbons (Fsp3) is 0.400. The third kappa shape index (κ3) is 4.29. The van der Waals surface area contributed by atoms with Crippen molar-refractivity contribution in [2.45, 2.75) is 34.6 Å². The third-order valence-corrected chi connectivity index (χ3v) is 4.38. The Morgan fingerprint density at radius 2 is 1.56 bits per heavy atom. The van der Waals surface area contributed by atoms with Gasteiger partial charge in [-0.15, -0.1) is 0 Å². The predicted molar refractivity (Wildman–Crippen MR) is 96.3 cm³/mol. The summed E-state index contributed by atoms with van der Waals surface area (Å²) < 4.78 is 12.6. The molecule has 1 aromatic heterocycles. The van der Waals surface area contributed by atoms with Crippen LogP contribution in [0.1, 0.15) is 38.4 Å². The monoisotopic (exact) mass is 343 g/mol. The van der Waals surface area contributed by atoms with Crippen molar-refractivity contribution in [2.24, 2.45) is 7.05 Å². The number of rotatable bonds is 6. The van der Waals surface area contributed by atoms with Gasteiger partial charge in [0.2, 0.25) is 5.78 Å². The standard InChI is InChI=1S/C20H25NO4/c1-12-7-13(2)20(14(3)8-12)25-11-19(23)24-10-18(22)17-9-15(4)21(6)16(17)5/h7-9H,10-11H2,1-6H3. The number of benzene rings is 1. The van der Waals surface area contributed by atoms with E-state index in [0.717, 1.165) is 28.1 Å². The Hall–Kier alpha value is -2.56. The van der Waals surface area contributed by atoms with Crippen LogP contribution in [0.15, 0.2) is 18.2 Å². The van der Waals surface area contributed by atoms with Gasteiger partial charge in [-0.25, -0.2) is 4.79 Å².